The van der Waals surface area contributed by atoms with E-state index in [-0.39, 0.29) is 5.91 Å². The van der Waals surface area contributed by atoms with E-state index in [9.17, 15) is 13.2 Å². The third-order valence-electron chi connectivity index (χ3n) is 3.32. The fourth-order valence-electron chi connectivity index (χ4n) is 2.19. The second kappa shape index (κ2) is 5.41. The number of nitrogens with one attached hydrogen (secondary N) is 3. The smallest absolute Gasteiger partial charge is 0.244 e. The summed E-state index contributed by atoms with van der Waals surface area (Å²) in [7, 11) is -3.28. The summed E-state index contributed by atoms with van der Waals surface area (Å²) in [5.41, 5.74) is 0.587. The minimum absolute atomic E-state index is 0.0705. The Morgan fingerprint density at radius 3 is 2.35 bits per heavy atom. The van der Waals surface area contributed by atoms with Crippen molar-refractivity contribution in [1.29, 1.82) is 0 Å². The highest BCUT2D eigenvalue weighted by atomic mass is 32.2. The number of rotatable bonds is 4. The van der Waals surface area contributed by atoms with Crippen molar-refractivity contribution < 1.29 is 13.2 Å². The maximum absolute atomic E-state index is 12.2. The molecule has 1 amide bonds. The van der Waals surface area contributed by atoms with Crippen LogP contribution >= 0.6 is 0 Å². The lowest BCUT2D eigenvalue weighted by Gasteiger charge is -2.23. The summed E-state index contributed by atoms with van der Waals surface area (Å²) in [5.74, 6) is -0.0705. The summed E-state index contributed by atoms with van der Waals surface area (Å²) in [6, 6.07) is 6.57. The molecule has 1 aromatic carbocycles. The summed E-state index contributed by atoms with van der Waals surface area (Å²) in [6.07, 6.45) is 2.89. The van der Waals surface area contributed by atoms with Crippen LogP contribution in [-0.4, -0.2) is 32.7 Å². The lowest BCUT2D eigenvalue weighted by Crippen LogP contribution is -2.47. The number of sulfonamides is 1. The van der Waals surface area contributed by atoms with Crippen LogP contribution in [-0.2, 0) is 14.8 Å². The second-order valence-electron chi connectivity index (χ2n) is 5.27. The first kappa shape index (κ1) is 14.8. The van der Waals surface area contributed by atoms with Gasteiger partial charge in [-0.1, -0.05) is 0 Å². The number of hydrogen-bond acceptors (Lipinski definition) is 4. The van der Waals surface area contributed by atoms with Crippen LogP contribution in [0, 0.1) is 0 Å². The highest BCUT2D eigenvalue weighted by molar-refractivity contribution is 7.92. The highest BCUT2D eigenvalue weighted by Crippen LogP contribution is 2.21. The Labute approximate surface area is 119 Å². The van der Waals surface area contributed by atoms with Crippen LogP contribution in [0.2, 0.25) is 0 Å². The van der Waals surface area contributed by atoms with Gasteiger partial charge in [-0.2, -0.15) is 0 Å². The van der Waals surface area contributed by atoms with Crippen molar-refractivity contribution in [3.63, 3.8) is 0 Å². The Morgan fingerprint density at radius 1 is 1.25 bits per heavy atom. The van der Waals surface area contributed by atoms with Gasteiger partial charge >= 0.3 is 0 Å². The SMILES string of the molecule is CC1(C(=O)Nc2ccc(NS(C)(=O)=O)cc2)CCCN1. The highest BCUT2D eigenvalue weighted by Gasteiger charge is 2.35. The molecule has 0 radical (unpaired) electrons. The van der Waals surface area contributed by atoms with Gasteiger partial charge in [0.25, 0.3) is 0 Å². The van der Waals surface area contributed by atoms with Crippen molar-refractivity contribution in [2.45, 2.75) is 25.3 Å². The molecule has 1 aliphatic rings. The molecule has 1 heterocycles. The van der Waals surface area contributed by atoms with Crippen molar-refractivity contribution in [2.24, 2.45) is 0 Å². The molecular weight excluding hydrogens is 278 g/mol. The summed E-state index contributed by atoms with van der Waals surface area (Å²) in [5, 5.41) is 6.03. The maximum Gasteiger partial charge on any atom is 0.244 e. The molecule has 1 aromatic rings. The van der Waals surface area contributed by atoms with Crippen molar-refractivity contribution in [3.05, 3.63) is 24.3 Å². The topological polar surface area (TPSA) is 87.3 Å². The minimum Gasteiger partial charge on any atom is -0.324 e. The van der Waals surface area contributed by atoms with Crippen LogP contribution in [0.1, 0.15) is 19.8 Å². The molecule has 6 nitrogen and oxygen atoms in total. The monoisotopic (exact) mass is 297 g/mol. The van der Waals surface area contributed by atoms with Crippen molar-refractivity contribution in [1.82, 2.24) is 5.32 Å². The van der Waals surface area contributed by atoms with E-state index < -0.39 is 15.6 Å². The normalized spacial score (nSPS) is 22.5. The van der Waals surface area contributed by atoms with E-state index in [1.807, 2.05) is 6.92 Å². The molecule has 110 valence electrons. The van der Waals surface area contributed by atoms with Crippen LogP contribution in [0.25, 0.3) is 0 Å². The van der Waals surface area contributed by atoms with Crippen LogP contribution in [0.3, 0.4) is 0 Å². The minimum atomic E-state index is -3.28. The van der Waals surface area contributed by atoms with Crippen molar-refractivity contribution in [3.8, 4) is 0 Å². The maximum atomic E-state index is 12.2. The van der Waals surface area contributed by atoms with Gasteiger partial charge in [-0.05, 0) is 50.6 Å². The molecule has 1 aliphatic heterocycles. The average Bonchev–Trinajstić information content (AvgIpc) is 2.78. The Kier molecular flexibility index (Phi) is 4.01. The number of amides is 1. The van der Waals surface area contributed by atoms with Crippen LogP contribution < -0.4 is 15.4 Å². The lowest BCUT2D eigenvalue weighted by molar-refractivity contribution is -0.121. The van der Waals surface area contributed by atoms with Crippen LogP contribution in [0.15, 0.2) is 24.3 Å². The molecule has 0 saturated carbocycles. The molecule has 1 fully saturated rings. The van der Waals surface area contributed by atoms with Gasteiger partial charge in [0, 0.05) is 11.4 Å². The zero-order chi connectivity index (χ0) is 14.8. The number of carbonyl (C=O) groups is 1. The summed E-state index contributed by atoms with van der Waals surface area (Å²) < 4.78 is 24.6. The Morgan fingerprint density at radius 2 is 1.85 bits per heavy atom. The van der Waals surface area contributed by atoms with E-state index in [4.69, 9.17) is 0 Å². The molecule has 7 heteroatoms. The van der Waals surface area contributed by atoms with E-state index >= 15 is 0 Å². The number of hydrogen-bond donors (Lipinski definition) is 3. The molecule has 20 heavy (non-hydrogen) atoms. The molecule has 2 rings (SSSR count). The lowest BCUT2D eigenvalue weighted by atomic mass is 9.99. The Balaban J connectivity index is 2.02. The van der Waals surface area contributed by atoms with Gasteiger partial charge < -0.3 is 10.6 Å². The second-order valence-corrected chi connectivity index (χ2v) is 7.02. The van der Waals surface area contributed by atoms with E-state index in [2.05, 4.69) is 15.4 Å². The predicted molar refractivity (Wildman–Crippen MR) is 79.2 cm³/mol. The summed E-state index contributed by atoms with van der Waals surface area (Å²) in [6.45, 7) is 2.73. The van der Waals surface area contributed by atoms with Crippen LogP contribution in [0.5, 0.6) is 0 Å². The largest absolute Gasteiger partial charge is 0.324 e. The first-order valence-electron chi connectivity index (χ1n) is 6.43. The molecule has 0 aliphatic carbocycles. The zero-order valence-electron chi connectivity index (χ0n) is 11.6. The van der Waals surface area contributed by atoms with Gasteiger partial charge in [0.1, 0.15) is 0 Å². The first-order valence-corrected chi connectivity index (χ1v) is 8.32. The van der Waals surface area contributed by atoms with Gasteiger partial charge in [-0.25, -0.2) is 8.42 Å². The summed E-state index contributed by atoms with van der Waals surface area (Å²) >= 11 is 0. The van der Waals surface area contributed by atoms with Crippen molar-refractivity contribution >= 4 is 27.3 Å². The fraction of sp³-hybridized carbons (Fsp3) is 0.462. The quantitative estimate of drug-likeness (QED) is 0.777. The fourth-order valence-corrected chi connectivity index (χ4v) is 2.76. The first-order chi connectivity index (χ1) is 9.28. The van der Waals surface area contributed by atoms with E-state index in [0.717, 1.165) is 25.6 Å². The Hall–Kier alpha value is -1.60. The molecule has 1 saturated heterocycles. The standard InChI is InChI=1S/C13H19N3O3S/c1-13(8-3-9-14-13)12(17)15-10-4-6-11(7-5-10)16-20(2,18)19/h4-7,14,16H,3,8-9H2,1-2H3,(H,15,17). The molecular formula is C13H19N3O3S. The van der Waals surface area contributed by atoms with E-state index in [0.29, 0.717) is 11.4 Å². The van der Waals surface area contributed by atoms with E-state index in [1.165, 1.54) is 0 Å². The summed E-state index contributed by atoms with van der Waals surface area (Å²) in [4.78, 5) is 12.2. The van der Waals surface area contributed by atoms with Gasteiger partial charge in [0.05, 0.1) is 11.8 Å². The van der Waals surface area contributed by atoms with Gasteiger partial charge in [0.2, 0.25) is 15.9 Å². The number of benzene rings is 1. The van der Waals surface area contributed by atoms with Gasteiger partial charge in [-0.3, -0.25) is 9.52 Å². The Bertz CT molecular complexity index is 590. The van der Waals surface area contributed by atoms with Gasteiger partial charge in [0.15, 0.2) is 0 Å². The van der Waals surface area contributed by atoms with E-state index in [1.54, 1.807) is 24.3 Å². The average molecular weight is 297 g/mol. The number of anilines is 2. The van der Waals surface area contributed by atoms with Crippen molar-refractivity contribution in [2.75, 3.05) is 22.8 Å². The van der Waals surface area contributed by atoms with Crippen LogP contribution in [0.4, 0.5) is 11.4 Å². The number of carbonyl (C=O) groups excluding carboxylic acids is 1. The third-order valence-corrected chi connectivity index (χ3v) is 3.92. The molecule has 1 atom stereocenters. The molecule has 0 spiro atoms. The predicted octanol–water partition coefficient (Wildman–Crippen LogP) is 1.14. The zero-order valence-corrected chi connectivity index (χ0v) is 12.4. The molecule has 0 aromatic heterocycles. The van der Waals surface area contributed by atoms with Gasteiger partial charge in [-0.15, -0.1) is 0 Å². The third kappa shape index (κ3) is 3.71. The molecule has 3 N–H and O–H groups in total. The molecule has 1 unspecified atom stereocenters. The molecule has 0 bridgehead atoms.